The van der Waals surface area contributed by atoms with E-state index in [1.165, 1.54) is 4.31 Å². The summed E-state index contributed by atoms with van der Waals surface area (Å²) in [6.45, 7) is 9.35. The van der Waals surface area contributed by atoms with Gasteiger partial charge >= 0.3 is 0 Å². The zero-order valence-corrected chi connectivity index (χ0v) is 23.6. The van der Waals surface area contributed by atoms with E-state index in [0.29, 0.717) is 30.3 Å². The van der Waals surface area contributed by atoms with Crippen LogP contribution in [0.15, 0.2) is 41.3 Å². The Morgan fingerprint density at radius 2 is 1.87 bits per heavy atom. The Bertz CT molecular complexity index is 1300. The van der Waals surface area contributed by atoms with E-state index in [2.05, 4.69) is 30.6 Å². The van der Waals surface area contributed by atoms with Gasteiger partial charge < -0.3 is 19.3 Å². The lowest BCUT2D eigenvalue weighted by Gasteiger charge is -2.37. The molecule has 0 amide bonds. The third-order valence-corrected chi connectivity index (χ3v) is 8.81. The molecule has 9 heteroatoms. The first-order valence-corrected chi connectivity index (χ1v) is 14.5. The van der Waals surface area contributed by atoms with Gasteiger partial charge in [0.25, 0.3) is 0 Å². The zero-order valence-electron chi connectivity index (χ0n) is 22.8. The minimum atomic E-state index is -3.88. The van der Waals surface area contributed by atoms with Gasteiger partial charge in [-0.15, -0.1) is 0 Å². The van der Waals surface area contributed by atoms with Crippen molar-refractivity contribution < 1.29 is 27.7 Å². The van der Waals surface area contributed by atoms with E-state index in [4.69, 9.17) is 14.2 Å². The third-order valence-electron chi connectivity index (χ3n) is 6.79. The summed E-state index contributed by atoms with van der Waals surface area (Å²) in [7, 11) is -1.87. The van der Waals surface area contributed by atoms with E-state index in [9.17, 15) is 13.5 Å². The molecule has 8 nitrogen and oxygen atoms in total. The van der Waals surface area contributed by atoms with Crippen molar-refractivity contribution in [3.8, 4) is 29.1 Å². The van der Waals surface area contributed by atoms with Crippen molar-refractivity contribution in [3.05, 3.63) is 47.5 Å². The monoisotopic (exact) mass is 542 g/mol. The van der Waals surface area contributed by atoms with Gasteiger partial charge in [0, 0.05) is 43.6 Å². The molecule has 206 valence electrons. The minimum absolute atomic E-state index is 0.0996. The lowest BCUT2D eigenvalue weighted by atomic mass is 10.0. The van der Waals surface area contributed by atoms with Crippen molar-refractivity contribution >= 4 is 10.0 Å². The first-order chi connectivity index (χ1) is 18.1. The summed E-state index contributed by atoms with van der Waals surface area (Å²) in [6.07, 6.45) is 0.457. The highest BCUT2D eigenvalue weighted by atomic mass is 32.2. The molecule has 0 unspecified atom stereocenters. The molecule has 2 aliphatic heterocycles. The molecule has 2 aromatic rings. The molecule has 4 rings (SSSR count). The summed E-state index contributed by atoms with van der Waals surface area (Å²) in [5.41, 5.74) is 1.79. The van der Waals surface area contributed by atoms with Crippen LogP contribution in [0.1, 0.15) is 45.2 Å². The van der Waals surface area contributed by atoms with Crippen LogP contribution in [0.25, 0.3) is 0 Å². The van der Waals surface area contributed by atoms with E-state index in [1.807, 2.05) is 32.2 Å². The van der Waals surface area contributed by atoms with Gasteiger partial charge in [-0.1, -0.05) is 38.7 Å². The molecule has 2 aliphatic rings. The van der Waals surface area contributed by atoms with Gasteiger partial charge in [0.2, 0.25) is 16.8 Å². The maximum atomic E-state index is 13.7. The fourth-order valence-corrected chi connectivity index (χ4v) is 6.43. The normalized spacial score (nSPS) is 21.2. The molecule has 2 aromatic carbocycles. The lowest BCUT2D eigenvalue weighted by Crippen LogP contribution is -2.49. The molecule has 0 bridgehead atoms. The second-order valence-electron chi connectivity index (χ2n) is 10.7. The Hall–Kier alpha value is -2.77. The summed E-state index contributed by atoms with van der Waals surface area (Å²) in [4.78, 5) is 2.25. The fourth-order valence-electron chi connectivity index (χ4n) is 4.60. The Kier molecular flexibility index (Phi) is 8.89. The number of aliphatic hydroxyl groups excluding tert-OH is 1. The minimum Gasteiger partial charge on any atom is -0.487 e. The smallest absolute Gasteiger partial charge is 0.247 e. The number of sulfonamides is 1. The van der Waals surface area contributed by atoms with Crippen LogP contribution in [0, 0.1) is 23.7 Å². The van der Waals surface area contributed by atoms with Crippen LogP contribution in [-0.2, 0) is 16.6 Å². The molecule has 1 N–H and O–H groups in total. The van der Waals surface area contributed by atoms with Crippen molar-refractivity contribution in [2.45, 2.75) is 57.7 Å². The van der Waals surface area contributed by atoms with Gasteiger partial charge in [-0.2, -0.15) is 4.31 Å². The fraction of sp³-hybridized carbons (Fsp3) is 0.517. The van der Waals surface area contributed by atoms with Crippen LogP contribution < -0.4 is 14.2 Å². The van der Waals surface area contributed by atoms with Gasteiger partial charge in [0.15, 0.2) is 11.5 Å². The highest BCUT2D eigenvalue weighted by molar-refractivity contribution is 7.89. The highest BCUT2D eigenvalue weighted by Gasteiger charge is 2.38. The number of rotatable bonds is 7. The molecule has 0 aromatic heterocycles. The van der Waals surface area contributed by atoms with Crippen LogP contribution in [0.3, 0.4) is 0 Å². The Balaban J connectivity index is 1.63. The molecule has 38 heavy (non-hydrogen) atoms. The maximum Gasteiger partial charge on any atom is 0.247 e. The van der Waals surface area contributed by atoms with Crippen molar-refractivity contribution in [3.63, 3.8) is 0 Å². The molecule has 0 fully saturated rings. The average Bonchev–Trinajstić information content (AvgIpc) is 3.33. The van der Waals surface area contributed by atoms with Gasteiger partial charge in [-0.3, -0.25) is 4.90 Å². The lowest BCUT2D eigenvalue weighted by molar-refractivity contribution is 0.0733. The Morgan fingerprint density at radius 1 is 1.11 bits per heavy atom. The topological polar surface area (TPSA) is 88.5 Å². The zero-order chi connectivity index (χ0) is 27.4. The first-order valence-electron chi connectivity index (χ1n) is 13.1. The van der Waals surface area contributed by atoms with Gasteiger partial charge in [-0.25, -0.2) is 8.42 Å². The quantitative estimate of drug-likeness (QED) is 0.534. The van der Waals surface area contributed by atoms with Crippen molar-refractivity contribution in [1.82, 2.24) is 9.21 Å². The predicted octanol–water partition coefficient (Wildman–Crippen LogP) is 3.71. The standard InChI is InChI=1S/C29H38N2O6S/c1-20(2)7-6-8-23-10-12-29-27(13-23)37-28(21(3)15-31(22(4)18-32)38(29,33)34)17-30(5)16-24-9-11-25-26(14-24)36-19-35-25/h9-14,20-22,28,32H,7,15-19H2,1-5H3/t21-,22+,28-/m0/s1. The first kappa shape index (κ1) is 28.2. The molecule has 0 aliphatic carbocycles. The Labute approximate surface area is 226 Å². The van der Waals surface area contributed by atoms with E-state index >= 15 is 0 Å². The molecular weight excluding hydrogens is 504 g/mol. The number of hydrogen-bond acceptors (Lipinski definition) is 7. The number of likely N-dealkylation sites (N-methyl/N-ethyl adjacent to an activating group) is 1. The number of hydrogen-bond donors (Lipinski definition) is 1. The number of aliphatic hydroxyl groups is 1. The van der Waals surface area contributed by atoms with E-state index in [-0.39, 0.29) is 36.9 Å². The summed E-state index contributed by atoms with van der Waals surface area (Å²) in [6, 6.07) is 10.4. The molecule has 0 radical (unpaired) electrons. The highest BCUT2D eigenvalue weighted by Crippen LogP contribution is 2.35. The predicted molar refractivity (Wildman–Crippen MR) is 146 cm³/mol. The van der Waals surface area contributed by atoms with Gasteiger partial charge in [-0.05, 0) is 55.8 Å². The summed E-state index contributed by atoms with van der Waals surface area (Å²) in [5, 5.41) is 9.86. The van der Waals surface area contributed by atoms with Crippen LogP contribution in [0.4, 0.5) is 0 Å². The van der Waals surface area contributed by atoms with Crippen molar-refractivity contribution in [2.24, 2.45) is 11.8 Å². The summed E-state index contributed by atoms with van der Waals surface area (Å²) in [5.74, 6) is 8.40. The van der Waals surface area contributed by atoms with E-state index < -0.39 is 16.1 Å². The van der Waals surface area contributed by atoms with Crippen LogP contribution in [0.5, 0.6) is 17.2 Å². The SMILES string of the molecule is CC(C)CC#Cc1ccc2c(c1)O[C@@H](CN(C)Cc1ccc3c(c1)OCO3)[C@@H](C)CN([C@H](C)CO)S2(=O)=O. The Morgan fingerprint density at radius 3 is 2.61 bits per heavy atom. The maximum absolute atomic E-state index is 13.7. The number of nitrogens with zero attached hydrogens (tertiary/aromatic N) is 2. The molecule has 2 heterocycles. The van der Waals surface area contributed by atoms with E-state index in [1.54, 1.807) is 25.1 Å². The largest absolute Gasteiger partial charge is 0.487 e. The molecule has 0 saturated carbocycles. The molecule has 0 spiro atoms. The summed E-state index contributed by atoms with van der Waals surface area (Å²) >= 11 is 0. The van der Waals surface area contributed by atoms with Crippen LogP contribution in [0.2, 0.25) is 0 Å². The average molecular weight is 543 g/mol. The van der Waals surface area contributed by atoms with Gasteiger partial charge in [0.05, 0.1) is 6.61 Å². The third kappa shape index (κ3) is 6.44. The number of benzene rings is 2. The van der Waals surface area contributed by atoms with Crippen LogP contribution >= 0.6 is 0 Å². The van der Waals surface area contributed by atoms with E-state index in [0.717, 1.165) is 23.5 Å². The number of fused-ring (bicyclic) bond motifs is 2. The second-order valence-corrected chi connectivity index (χ2v) is 12.5. The van der Waals surface area contributed by atoms with Crippen molar-refractivity contribution in [2.75, 3.05) is 33.5 Å². The molecule has 3 atom stereocenters. The number of ether oxygens (including phenoxy) is 3. The van der Waals surface area contributed by atoms with Gasteiger partial charge in [0.1, 0.15) is 16.7 Å². The summed E-state index contributed by atoms with van der Waals surface area (Å²) < 4.78 is 46.1. The van der Waals surface area contributed by atoms with Crippen molar-refractivity contribution in [1.29, 1.82) is 0 Å². The second kappa shape index (κ2) is 12.0. The molecule has 0 saturated heterocycles. The molecular formula is C29H38N2O6S. The van der Waals surface area contributed by atoms with Crippen LogP contribution in [-0.4, -0.2) is 68.4 Å².